The van der Waals surface area contributed by atoms with Crippen molar-refractivity contribution >= 4 is 21.6 Å². The van der Waals surface area contributed by atoms with E-state index in [4.69, 9.17) is 9.47 Å². The molecule has 27 heavy (non-hydrogen) atoms. The molecule has 1 heterocycles. The van der Waals surface area contributed by atoms with Crippen LogP contribution in [-0.4, -0.2) is 45.4 Å². The summed E-state index contributed by atoms with van der Waals surface area (Å²) >= 11 is 0. The van der Waals surface area contributed by atoms with Crippen molar-refractivity contribution in [1.29, 1.82) is 0 Å². The summed E-state index contributed by atoms with van der Waals surface area (Å²) in [6.45, 7) is 2.00. The SMILES string of the molecule is Cc1cc(F)ccc1NC(=O)CN(C)S(=O)(=O)c1ccc2c(c1)OCCO2. The molecule has 0 unspecified atom stereocenters. The Labute approximate surface area is 156 Å². The number of fused-ring (bicyclic) bond motifs is 1. The quantitative estimate of drug-likeness (QED) is 0.840. The number of carbonyl (C=O) groups is 1. The van der Waals surface area contributed by atoms with E-state index in [1.807, 2.05) is 0 Å². The first-order chi connectivity index (χ1) is 12.8. The van der Waals surface area contributed by atoms with E-state index in [2.05, 4.69) is 5.32 Å². The highest BCUT2D eigenvalue weighted by Gasteiger charge is 2.25. The van der Waals surface area contributed by atoms with Gasteiger partial charge >= 0.3 is 0 Å². The van der Waals surface area contributed by atoms with E-state index in [1.54, 1.807) is 6.92 Å². The Morgan fingerprint density at radius 2 is 1.85 bits per heavy atom. The largest absolute Gasteiger partial charge is 0.486 e. The van der Waals surface area contributed by atoms with E-state index in [0.717, 1.165) is 4.31 Å². The van der Waals surface area contributed by atoms with Crippen molar-refractivity contribution in [2.75, 3.05) is 32.1 Å². The number of likely N-dealkylation sites (N-methyl/N-ethyl adjacent to an activating group) is 1. The summed E-state index contributed by atoms with van der Waals surface area (Å²) in [6, 6.07) is 8.24. The molecule has 2 aromatic carbocycles. The number of halogens is 1. The zero-order valence-corrected chi connectivity index (χ0v) is 15.7. The maximum Gasteiger partial charge on any atom is 0.243 e. The molecule has 1 N–H and O–H groups in total. The molecule has 7 nitrogen and oxygen atoms in total. The summed E-state index contributed by atoms with van der Waals surface area (Å²) in [4.78, 5) is 12.2. The van der Waals surface area contributed by atoms with Crippen LogP contribution in [0.5, 0.6) is 11.5 Å². The average Bonchev–Trinajstić information content (AvgIpc) is 2.63. The van der Waals surface area contributed by atoms with Crippen LogP contribution in [0.2, 0.25) is 0 Å². The van der Waals surface area contributed by atoms with Gasteiger partial charge in [-0.05, 0) is 42.8 Å². The van der Waals surface area contributed by atoms with Crippen LogP contribution >= 0.6 is 0 Å². The van der Waals surface area contributed by atoms with Crippen molar-refractivity contribution in [2.45, 2.75) is 11.8 Å². The van der Waals surface area contributed by atoms with Gasteiger partial charge in [-0.15, -0.1) is 0 Å². The van der Waals surface area contributed by atoms with Crippen LogP contribution in [0.15, 0.2) is 41.3 Å². The molecule has 9 heteroatoms. The summed E-state index contributed by atoms with van der Waals surface area (Å²) in [5, 5.41) is 2.59. The van der Waals surface area contributed by atoms with Crippen LogP contribution in [0.1, 0.15) is 5.56 Å². The molecule has 0 spiro atoms. The molecule has 0 fully saturated rings. The van der Waals surface area contributed by atoms with Crippen LogP contribution in [-0.2, 0) is 14.8 Å². The molecular weight excluding hydrogens is 375 g/mol. The maximum absolute atomic E-state index is 13.1. The standard InChI is InChI=1S/C18H19FN2O5S/c1-12-9-13(19)3-5-15(12)20-18(22)11-21(2)27(23,24)14-4-6-16-17(10-14)26-8-7-25-16/h3-6,9-10H,7-8,11H2,1-2H3,(H,20,22). The van der Waals surface area contributed by atoms with Gasteiger partial charge in [0.05, 0.1) is 11.4 Å². The summed E-state index contributed by atoms with van der Waals surface area (Å²) in [5.74, 6) is -0.119. The van der Waals surface area contributed by atoms with Gasteiger partial charge in [0.1, 0.15) is 19.0 Å². The number of sulfonamides is 1. The molecule has 0 aromatic heterocycles. The minimum atomic E-state index is -3.90. The van der Waals surface area contributed by atoms with E-state index in [-0.39, 0.29) is 4.90 Å². The van der Waals surface area contributed by atoms with Crippen LogP contribution in [0, 0.1) is 12.7 Å². The third kappa shape index (κ3) is 4.20. The van der Waals surface area contributed by atoms with Gasteiger partial charge in [0.25, 0.3) is 0 Å². The van der Waals surface area contributed by atoms with Crippen molar-refractivity contribution in [3.63, 3.8) is 0 Å². The smallest absolute Gasteiger partial charge is 0.243 e. The average molecular weight is 394 g/mol. The molecule has 1 amide bonds. The molecule has 0 radical (unpaired) electrons. The fourth-order valence-electron chi connectivity index (χ4n) is 2.61. The summed E-state index contributed by atoms with van der Waals surface area (Å²) in [5.41, 5.74) is 0.965. The molecule has 3 rings (SSSR count). The number of anilines is 1. The lowest BCUT2D eigenvalue weighted by atomic mass is 10.2. The van der Waals surface area contributed by atoms with E-state index in [9.17, 15) is 17.6 Å². The van der Waals surface area contributed by atoms with Crippen LogP contribution in [0.3, 0.4) is 0 Å². The van der Waals surface area contributed by atoms with Crippen molar-refractivity contribution < 1.29 is 27.1 Å². The van der Waals surface area contributed by atoms with Crippen LogP contribution in [0.4, 0.5) is 10.1 Å². The molecule has 0 atom stereocenters. The zero-order valence-electron chi connectivity index (χ0n) is 14.9. The molecule has 0 bridgehead atoms. The Bertz CT molecular complexity index is 978. The number of amides is 1. The van der Waals surface area contributed by atoms with Gasteiger partial charge in [-0.2, -0.15) is 4.31 Å². The molecule has 2 aromatic rings. The first-order valence-electron chi connectivity index (χ1n) is 8.19. The monoisotopic (exact) mass is 394 g/mol. The van der Waals surface area contributed by atoms with Crippen molar-refractivity contribution in [2.24, 2.45) is 0 Å². The second kappa shape index (κ2) is 7.53. The number of rotatable bonds is 5. The lowest BCUT2D eigenvalue weighted by Crippen LogP contribution is -2.35. The van der Waals surface area contributed by atoms with Gasteiger partial charge in [0.15, 0.2) is 11.5 Å². The normalized spacial score (nSPS) is 13.5. The summed E-state index contributed by atoms with van der Waals surface area (Å²) < 4.78 is 50.3. The first kappa shape index (κ1) is 19.1. The number of nitrogens with one attached hydrogen (secondary N) is 1. The lowest BCUT2D eigenvalue weighted by molar-refractivity contribution is -0.116. The highest BCUT2D eigenvalue weighted by Crippen LogP contribution is 2.32. The van der Waals surface area contributed by atoms with Gasteiger partial charge in [-0.25, -0.2) is 12.8 Å². The Balaban J connectivity index is 1.72. The third-order valence-corrected chi connectivity index (χ3v) is 5.85. The van der Waals surface area contributed by atoms with E-state index in [0.29, 0.717) is 36.0 Å². The minimum Gasteiger partial charge on any atom is -0.486 e. The number of benzene rings is 2. The van der Waals surface area contributed by atoms with Gasteiger partial charge in [-0.1, -0.05) is 0 Å². The molecule has 1 aliphatic rings. The zero-order chi connectivity index (χ0) is 19.6. The molecular formula is C18H19FN2O5S. The second-order valence-corrected chi connectivity index (χ2v) is 8.12. The van der Waals surface area contributed by atoms with E-state index < -0.39 is 28.3 Å². The molecule has 0 saturated carbocycles. The molecule has 144 valence electrons. The topological polar surface area (TPSA) is 84.9 Å². The van der Waals surface area contributed by atoms with Crippen LogP contribution in [0.25, 0.3) is 0 Å². The number of hydrogen-bond donors (Lipinski definition) is 1. The number of ether oxygens (including phenoxy) is 2. The van der Waals surface area contributed by atoms with Gasteiger partial charge in [0.2, 0.25) is 15.9 Å². The van der Waals surface area contributed by atoms with Crippen molar-refractivity contribution in [3.8, 4) is 11.5 Å². The first-order valence-corrected chi connectivity index (χ1v) is 9.63. The predicted octanol–water partition coefficient (Wildman–Crippen LogP) is 2.16. The maximum atomic E-state index is 13.1. The second-order valence-electron chi connectivity index (χ2n) is 6.07. The van der Waals surface area contributed by atoms with E-state index >= 15 is 0 Å². The highest BCUT2D eigenvalue weighted by molar-refractivity contribution is 7.89. The highest BCUT2D eigenvalue weighted by atomic mass is 32.2. The molecule has 1 aliphatic heterocycles. The Kier molecular flexibility index (Phi) is 5.33. The van der Waals surface area contributed by atoms with Gasteiger partial charge in [0, 0.05) is 18.8 Å². The number of hydrogen-bond acceptors (Lipinski definition) is 5. The molecule has 0 saturated heterocycles. The Morgan fingerprint density at radius 3 is 2.56 bits per heavy atom. The van der Waals surface area contributed by atoms with Gasteiger partial charge < -0.3 is 14.8 Å². The Morgan fingerprint density at radius 1 is 1.15 bits per heavy atom. The lowest BCUT2D eigenvalue weighted by Gasteiger charge is -2.21. The van der Waals surface area contributed by atoms with Crippen molar-refractivity contribution in [1.82, 2.24) is 4.31 Å². The Hall–Kier alpha value is -2.65. The van der Waals surface area contributed by atoms with Gasteiger partial charge in [-0.3, -0.25) is 4.79 Å². The number of carbonyl (C=O) groups excluding carboxylic acids is 1. The minimum absolute atomic E-state index is 0.0000118. The fraction of sp³-hybridized carbons (Fsp3) is 0.278. The molecule has 0 aliphatic carbocycles. The van der Waals surface area contributed by atoms with E-state index in [1.165, 1.54) is 43.4 Å². The van der Waals surface area contributed by atoms with Crippen molar-refractivity contribution in [3.05, 3.63) is 47.8 Å². The third-order valence-electron chi connectivity index (χ3n) is 4.05. The summed E-state index contributed by atoms with van der Waals surface area (Å²) in [7, 11) is -2.59. The van der Waals surface area contributed by atoms with Crippen LogP contribution < -0.4 is 14.8 Å². The number of aryl methyl sites for hydroxylation is 1. The number of nitrogens with zero attached hydrogens (tertiary/aromatic N) is 1. The summed E-state index contributed by atoms with van der Waals surface area (Å²) in [6.07, 6.45) is 0. The predicted molar refractivity (Wildman–Crippen MR) is 97.0 cm³/mol. The fourth-order valence-corrected chi connectivity index (χ4v) is 3.75.